The summed E-state index contributed by atoms with van der Waals surface area (Å²) in [6.07, 6.45) is 5.45. The van der Waals surface area contributed by atoms with Gasteiger partial charge in [0.1, 0.15) is 0 Å². The van der Waals surface area contributed by atoms with E-state index in [1.807, 2.05) is 0 Å². The summed E-state index contributed by atoms with van der Waals surface area (Å²) in [6.45, 7) is 0. The van der Waals surface area contributed by atoms with Gasteiger partial charge in [-0.1, -0.05) is 25.7 Å². The number of Topliss-reactive ketones (excluding diaryl/α,β-unsaturated/α-hetero) is 1. The molecule has 0 atom stereocenters. The van der Waals surface area contributed by atoms with Crippen LogP contribution in [0.1, 0.15) is 42.5 Å². The molecule has 0 bridgehead atoms. The van der Waals surface area contributed by atoms with Gasteiger partial charge in [0.2, 0.25) is 0 Å². The van der Waals surface area contributed by atoms with Gasteiger partial charge in [0.05, 0.1) is 7.11 Å². The van der Waals surface area contributed by atoms with Crippen molar-refractivity contribution in [2.75, 3.05) is 7.11 Å². The topological polar surface area (TPSA) is 46.5 Å². The summed E-state index contributed by atoms with van der Waals surface area (Å²) in [6, 6.07) is 4.79. The first kappa shape index (κ1) is 12.0. The molecule has 0 aromatic heterocycles. The highest BCUT2D eigenvalue weighted by Gasteiger charge is 2.19. The fourth-order valence-corrected chi connectivity index (χ4v) is 2.45. The van der Waals surface area contributed by atoms with Gasteiger partial charge >= 0.3 is 0 Å². The van der Waals surface area contributed by atoms with Crippen LogP contribution in [-0.2, 0) is 0 Å². The summed E-state index contributed by atoms with van der Waals surface area (Å²) >= 11 is 0. The number of carbonyl (C=O) groups is 1. The van der Waals surface area contributed by atoms with E-state index >= 15 is 0 Å². The number of methoxy groups -OCH3 is 1. The molecule has 0 amide bonds. The van der Waals surface area contributed by atoms with Crippen LogP contribution in [0.15, 0.2) is 18.2 Å². The Hall–Kier alpha value is -1.51. The van der Waals surface area contributed by atoms with E-state index in [1.165, 1.54) is 38.9 Å². The second-order valence-electron chi connectivity index (χ2n) is 4.66. The molecule has 1 aromatic carbocycles. The van der Waals surface area contributed by atoms with Gasteiger partial charge in [0.15, 0.2) is 17.3 Å². The molecule has 17 heavy (non-hydrogen) atoms. The number of ether oxygens (including phenoxy) is 1. The quantitative estimate of drug-likeness (QED) is 0.814. The van der Waals surface area contributed by atoms with Crippen LogP contribution in [0.5, 0.6) is 11.5 Å². The summed E-state index contributed by atoms with van der Waals surface area (Å²) in [7, 11) is 1.49. The molecule has 92 valence electrons. The third-order valence-corrected chi connectivity index (χ3v) is 3.45. The number of carbonyl (C=O) groups excluding carboxylic acids is 1. The zero-order chi connectivity index (χ0) is 12.3. The van der Waals surface area contributed by atoms with Crippen molar-refractivity contribution in [1.82, 2.24) is 0 Å². The van der Waals surface area contributed by atoms with Crippen molar-refractivity contribution in [3.05, 3.63) is 23.8 Å². The molecular weight excluding hydrogens is 216 g/mol. The molecule has 0 spiro atoms. The van der Waals surface area contributed by atoms with Gasteiger partial charge in [-0.25, -0.2) is 0 Å². The highest BCUT2D eigenvalue weighted by atomic mass is 16.5. The molecule has 0 unspecified atom stereocenters. The van der Waals surface area contributed by atoms with Gasteiger partial charge in [0, 0.05) is 12.0 Å². The van der Waals surface area contributed by atoms with Crippen molar-refractivity contribution in [1.29, 1.82) is 0 Å². The van der Waals surface area contributed by atoms with Crippen LogP contribution in [0, 0.1) is 5.92 Å². The molecule has 3 nitrogen and oxygen atoms in total. The average molecular weight is 234 g/mol. The second kappa shape index (κ2) is 5.21. The van der Waals surface area contributed by atoms with Crippen LogP contribution in [0.3, 0.4) is 0 Å². The van der Waals surface area contributed by atoms with Crippen LogP contribution < -0.4 is 4.74 Å². The fraction of sp³-hybridized carbons (Fsp3) is 0.500. The van der Waals surface area contributed by atoms with Crippen LogP contribution in [0.4, 0.5) is 0 Å². The van der Waals surface area contributed by atoms with Gasteiger partial charge in [-0.05, 0) is 24.1 Å². The highest BCUT2D eigenvalue weighted by Crippen LogP contribution is 2.31. The Balaban J connectivity index is 2.07. The minimum atomic E-state index is 0.0740. The van der Waals surface area contributed by atoms with E-state index in [2.05, 4.69) is 0 Å². The lowest BCUT2D eigenvalue weighted by Gasteiger charge is -2.09. The van der Waals surface area contributed by atoms with E-state index in [1.54, 1.807) is 12.1 Å². The summed E-state index contributed by atoms with van der Waals surface area (Å²) in [5, 5.41) is 9.46. The first-order chi connectivity index (χ1) is 8.20. The minimum Gasteiger partial charge on any atom is -0.504 e. The van der Waals surface area contributed by atoms with Crippen molar-refractivity contribution in [2.45, 2.75) is 32.1 Å². The number of aromatic hydroxyl groups is 1. The zero-order valence-electron chi connectivity index (χ0n) is 10.1. The maximum absolute atomic E-state index is 12.0. The molecule has 3 heteroatoms. The molecule has 0 aliphatic heterocycles. The summed E-state index contributed by atoms with van der Waals surface area (Å²) in [4.78, 5) is 12.0. The van der Waals surface area contributed by atoms with Gasteiger partial charge < -0.3 is 9.84 Å². The molecule has 0 saturated heterocycles. The molecular formula is C14H18O3. The van der Waals surface area contributed by atoms with Crippen LogP contribution >= 0.6 is 0 Å². The largest absolute Gasteiger partial charge is 0.504 e. The Morgan fingerprint density at radius 1 is 1.41 bits per heavy atom. The number of ketones is 1. The second-order valence-corrected chi connectivity index (χ2v) is 4.66. The number of hydrogen-bond donors (Lipinski definition) is 1. The van der Waals surface area contributed by atoms with E-state index in [9.17, 15) is 9.90 Å². The predicted octanol–water partition coefficient (Wildman–Crippen LogP) is 3.16. The van der Waals surface area contributed by atoms with E-state index in [-0.39, 0.29) is 11.5 Å². The van der Waals surface area contributed by atoms with Crippen molar-refractivity contribution < 1.29 is 14.6 Å². The lowest BCUT2D eigenvalue weighted by molar-refractivity contribution is 0.0962. The Morgan fingerprint density at radius 2 is 2.12 bits per heavy atom. The standard InChI is InChI=1S/C14H18O3/c1-17-14-9-11(6-7-12(14)15)13(16)8-10-4-2-3-5-10/h6-7,9-10,15H,2-5,8H2,1H3. The zero-order valence-corrected chi connectivity index (χ0v) is 10.1. The van der Waals surface area contributed by atoms with Gasteiger partial charge in [-0.2, -0.15) is 0 Å². The highest BCUT2D eigenvalue weighted by molar-refractivity contribution is 5.96. The molecule has 0 radical (unpaired) electrons. The van der Waals surface area contributed by atoms with Crippen LogP contribution in [0.25, 0.3) is 0 Å². The fourth-order valence-electron chi connectivity index (χ4n) is 2.45. The summed E-state index contributed by atoms with van der Waals surface area (Å²) < 4.78 is 5.00. The number of phenolic OH excluding ortho intramolecular Hbond substituents is 1. The number of hydrogen-bond acceptors (Lipinski definition) is 3. The van der Waals surface area contributed by atoms with Crippen molar-refractivity contribution >= 4 is 5.78 Å². The molecule has 1 aliphatic rings. The number of rotatable bonds is 4. The van der Waals surface area contributed by atoms with E-state index in [0.29, 0.717) is 23.7 Å². The van der Waals surface area contributed by atoms with Crippen molar-refractivity contribution in [3.8, 4) is 11.5 Å². The molecule has 0 heterocycles. The first-order valence-corrected chi connectivity index (χ1v) is 6.11. The SMILES string of the molecule is COc1cc(C(=O)CC2CCCC2)ccc1O. The van der Waals surface area contributed by atoms with E-state index in [4.69, 9.17) is 4.74 Å². The Labute approximate surface area is 101 Å². The van der Waals surface area contributed by atoms with Crippen molar-refractivity contribution in [2.24, 2.45) is 5.92 Å². The summed E-state index contributed by atoms with van der Waals surface area (Å²) in [5.41, 5.74) is 0.631. The monoisotopic (exact) mass is 234 g/mol. The average Bonchev–Trinajstić information content (AvgIpc) is 2.82. The third kappa shape index (κ3) is 2.78. The molecule has 1 fully saturated rings. The molecule has 1 saturated carbocycles. The Morgan fingerprint density at radius 3 is 2.76 bits per heavy atom. The third-order valence-electron chi connectivity index (χ3n) is 3.45. The van der Waals surface area contributed by atoms with E-state index in [0.717, 1.165) is 0 Å². The minimum absolute atomic E-state index is 0.0740. The van der Waals surface area contributed by atoms with Crippen molar-refractivity contribution in [3.63, 3.8) is 0 Å². The Kier molecular flexibility index (Phi) is 3.67. The lowest BCUT2D eigenvalue weighted by atomic mass is 9.97. The van der Waals surface area contributed by atoms with E-state index < -0.39 is 0 Å². The van der Waals surface area contributed by atoms with Gasteiger partial charge in [0.25, 0.3) is 0 Å². The Bertz CT molecular complexity index is 406. The molecule has 1 aromatic rings. The summed E-state index contributed by atoms with van der Waals surface area (Å²) in [5.74, 6) is 1.13. The molecule has 2 rings (SSSR count). The van der Waals surface area contributed by atoms with Crippen LogP contribution in [-0.4, -0.2) is 18.0 Å². The number of phenols is 1. The maximum Gasteiger partial charge on any atom is 0.163 e. The van der Waals surface area contributed by atoms with Gasteiger partial charge in [-0.15, -0.1) is 0 Å². The predicted molar refractivity (Wildman–Crippen MR) is 65.6 cm³/mol. The number of benzene rings is 1. The van der Waals surface area contributed by atoms with Crippen LogP contribution in [0.2, 0.25) is 0 Å². The lowest BCUT2D eigenvalue weighted by Crippen LogP contribution is -2.06. The normalized spacial score (nSPS) is 16.1. The molecule has 1 aliphatic carbocycles. The first-order valence-electron chi connectivity index (χ1n) is 6.11. The maximum atomic E-state index is 12.0. The van der Waals surface area contributed by atoms with Gasteiger partial charge in [-0.3, -0.25) is 4.79 Å². The molecule has 1 N–H and O–H groups in total. The smallest absolute Gasteiger partial charge is 0.163 e.